The molecule has 0 saturated carbocycles. The van der Waals surface area contributed by atoms with Gasteiger partial charge in [0.05, 0.1) is 5.69 Å². The van der Waals surface area contributed by atoms with Gasteiger partial charge < -0.3 is 29.7 Å². The highest BCUT2D eigenvalue weighted by Crippen LogP contribution is 2.27. The number of para-hydroxylation sites is 2. The third kappa shape index (κ3) is 4.42. The van der Waals surface area contributed by atoms with E-state index < -0.39 is 0 Å². The van der Waals surface area contributed by atoms with Crippen LogP contribution in [0.3, 0.4) is 0 Å². The number of phenolic OH excluding ortho intramolecular Hbond substituents is 1. The highest BCUT2D eigenvalue weighted by atomic mass is 16.3. The van der Waals surface area contributed by atoms with Crippen LogP contribution in [0.1, 0.15) is 0 Å². The van der Waals surface area contributed by atoms with Gasteiger partial charge in [0.2, 0.25) is 5.91 Å². The fourth-order valence-corrected chi connectivity index (χ4v) is 3.79. The number of anilines is 2. The Hall–Kier alpha value is -3.68. The van der Waals surface area contributed by atoms with Crippen molar-refractivity contribution in [2.75, 3.05) is 50.5 Å². The molecule has 0 aliphatic carbocycles. The number of likely N-dealkylation sites (N-methyl/N-ethyl adjacent to an activating group) is 1. The molecule has 3 aromatic rings. The summed E-state index contributed by atoms with van der Waals surface area (Å²) in [5.74, 6) is 0.283. The molecule has 3 amide bonds. The minimum absolute atomic E-state index is 0.0258. The molecule has 2 aromatic carbocycles. The summed E-state index contributed by atoms with van der Waals surface area (Å²) in [7, 11) is 3.48. The van der Waals surface area contributed by atoms with Crippen molar-refractivity contribution < 1.29 is 14.7 Å². The summed E-state index contributed by atoms with van der Waals surface area (Å²) in [4.78, 5) is 30.2. The maximum atomic E-state index is 12.7. The van der Waals surface area contributed by atoms with Crippen LogP contribution in [0.15, 0.2) is 54.7 Å². The van der Waals surface area contributed by atoms with Gasteiger partial charge in [0.25, 0.3) is 0 Å². The number of benzene rings is 2. The summed E-state index contributed by atoms with van der Waals surface area (Å²) in [5.41, 5.74) is 2.46. The molecule has 0 atom stereocenters. The third-order valence-electron chi connectivity index (χ3n) is 5.62. The Labute approximate surface area is 181 Å². The Morgan fingerprint density at radius 2 is 1.77 bits per heavy atom. The van der Waals surface area contributed by atoms with E-state index in [0.29, 0.717) is 26.2 Å². The summed E-state index contributed by atoms with van der Waals surface area (Å²) in [6.45, 7) is 2.75. The van der Waals surface area contributed by atoms with Crippen LogP contribution in [0, 0.1) is 0 Å². The van der Waals surface area contributed by atoms with E-state index in [1.54, 1.807) is 36.0 Å². The molecule has 1 fully saturated rings. The van der Waals surface area contributed by atoms with Crippen molar-refractivity contribution in [2.45, 2.75) is 6.54 Å². The standard InChI is InChI=1S/C23H27N5O3/c1-25(2)22(30)16-28-10-9-17-15-18(7-8-19(17)28)24-23(31)27-13-11-26(12-14-27)20-5-3-4-6-21(20)29/h3-10,15,29H,11-14,16H2,1-2H3,(H,24,31). The minimum atomic E-state index is -0.140. The molecule has 1 saturated heterocycles. The number of hydrogen-bond acceptors (Lipinski definition) is 4. The van der Waals surface area contributed by atoms with Crippen LogP contribution >= 0.6 is 0 Å². The van der Waals surface area contributed by atoms with Crippen LogP contribution < -0.4 is 10.2 Å². The van der Waals surface area contributed by atoms with Crippen molar-refractivity contribution in [3.05, 3.63) is 54.7 Å². The normalized spacial score (nSPS) is 14.0. The van der Waals surface area contributed by atoms with Gasteiger partial charge in [-0.3, -0.25) is 4.79 Å². The number of hydrogen-bond donors (Lipinski definition) is 2. The molecule has 1 aromatic heterocycles. The molecular formula is C23H27N5O3. The number of rotatable bonds is 4. The van der Waals surface area contributed by atoms with Gasteiger partial charge in [0.15, 0.2) is 0 Å². The first-order valence-electron chi connectivity index (χ1n) is 10.3. The number of urea groups is 1. The lowest BCUT2D eigenvalue weighted by Crippen LogP contribution is -2.50. The lowest BCUT2D eigenvalue weighted by atomic mass is 10.2. The average Bonchev–Trinajstić information content (AvgIpc) is 3.16. The molecule has 8 heteroatoms. The fraction of sp³-hybridized carbons (Fsp3) is 0.304. The minimum Gasteiger partial charge on any atom is -0.506 e. The number of amides is 3. The SMILES string of the molecule is CN(C)C(=O)Cn1ccc2cc(NC(=O)N3CCN(c4ccccc4O)CC3)ccc21. The largest absolute Gasteiger partial charge is 0.506 e. The second kappa shape index (κ2) is 8.59. The van der Waals surface area contributed by atoms with Gasteiger partial charge >= 0.3 is 6.03 Å². The van der Waals surface area contributed by atoms with Gasteiger partial charge in [-0.2, -0.15) is 0 Å². The number of piperazine rings is 1. The highest BCUT2D eigenvalue weighted by molar-refractivity contribution is 5.93. The van der Waals surface area contributed by atoms with Crippen molar-refractivity contribution in [3.63, 3.8) is 0 Å². The van der Waals surface area contributed by atoms with E-state index in [1.165, 1.54) is 0 Å². The van der Waals surface area contributed by atoms with Crippen molar-refractivity contribution in [1.29, 1.82) is 0 Å². The number of aromatic hydroxyl groups is 1. The Balaban J connectivity index is 1.38. The molecule has 31 heavy (non-hydrogen) atoms. The number of carbonyl (C=O) groups excluding carboxylic acids is 2. The lowest BCUT2D eigenvalue weighted by Gasteiger charge is -2.36. The monoisotopic (exact) mass is 421 g/mol. The van der Waals surface area contributed by atoms with E-state index >= 15 is 0 Å². The van der Waals surface area contributed by atoms with Crippen LogP contribution in [-0.4, -0.2) is 71.7 Å². The molecule has 0 bridgehead atoms. The Bertz CT molecular complexity index is 1100. The quantitative estimate of drug-likeness (QED) is 0.679. The van der Waals surface area contributed by atoms with Crippen LogP contribution in [0.25, 0.3) is 10.9 Å². The predicted molar refractivity (Wildman–Crippen MR) is 122 cm³/mol. The predicted octanol–water partition coefficient (Wildman–Crippen LogP) is 2.79. The molecular weight excluding hydrogens is 394 g/mol. The van der Waals surface area contributed by atoms with Crippen LogP contribution in [0.5, 0.6) is 5.75 Å². The topological polar surface area (TPSA) is 81.1 Å². The van der Waals surface area contributed by atoms with Gasteiger partial charge in [-0.05, 0) is 36.4 Å². The van der Waals surface area contributed by atoms with E-state index in [1.807, 2.05) is 47.2 Å². The number of fused-ring (bicyclic) bond motifs is 1. The number of carbonyl (C=O) groups is 2. The van der Waals surface area contributed by atoms with Crippen LogP contribution in [-0.2, 0) is 11.3 Å². The zero-order valence-corrected chi connectivity index (χ0v) is 17.8. The molecule has 1 aliphatic rings. The van der Waals surface area contributed by atoms with Gasteiger partial charge in [0, 0.05) is 63.1 Å². The second-order valence-corrected chi connectivity index (χ2v) is 7.90. The summed E-state index contributed by atoms with van der Waals surface area (Å²) in [6, 6.07) is 14.8. The first-order valence-corrected chi connectivity index (χ1v) is 10.3. The van der Waals surface area contributed by atoms with Gasteiger partial charge in [-0.15, -0.1) is 0 Å². The van der Waals surface area contributed by atoms with Crippen molar-refractivity contribution in [2.24, 2.45) is 0 Å². The molecule has 4 rings (SSSR count). The number of nitrogens with one attached hydrogen (secondary N) is 1. The van der Waals surface area contributed by atoms with Crippen molar-refractivity contribution in [1.82, 2.24) is 14.4 Å². The first kappa shape index (κ1) is 20.6. The van der Waals surface area contributed by atoms with Crippen LogP contribution in [0.4, 0.5) is 16.2 Å². The van der Waals surface area contributed by atoms with E-state index in [4.69, 9.17) is 0 Å². The van der Waals surface area contributed by atoms with Gasteiger partial charge in [-0.1, -0.05) is 12.1 Å². The number of aromatic nitrogens is 1. The summed E-state index contributed by atoms with van der Waals surface area (Å²) >= 11 is 0. The molecule has 0 spiro atoms. The van der Waals surface area contributed by atoms with E-state index in [0.717, 1.165) is 22.3 Å². The fourth-order valence-electron chi connectivity index (χ4n) is 3.79. The number of nitrogens with zero attached hydrogens (tertiary/aromatic N) is 4. The molecule has 1 aliphatic heterocycles. The zero-order valence-electron chi connectivity index (χ0n) is 17.8. The van der Waals surface area contributed by atoms with Gasteiger partial charge in [-0.25, -0.2) is 4.79 Å². The van der Waals surface area contributed by atoms with Crippen molar-refractivity contribution >= 4 is 34.2 Å². The Kier molecular flexibility index (Phi) is 5.70. The Morgan fingerprint density at radius 3 is 2.48 bits per heavy atom. The molecule has 162 valence electrons. The van der Waals surface area contributed by atoms with E-state index in [-0.39, 0.29) is 24.2 Å². The van der Waals surface area contributed by atoms with Gasteiger partial charge in [0.1, 0.15) is 12.3 Å². The Morgan fingerprint density at radius 1 is 1.03 bits per heavy atom. The molecule has 0 radical (unpaired) electrons. The van der Waals surface area contributed by atoms with E-state index in [9.17, 15) is 14.7 Å². The zero-order chi connectivity index (χ0) is 22.0. The molecule has 0 unspecified atom stereocenters. The maximum absolute atomic E-state index is 12.7. The first-order chi connectivity index (χ1) is 14.9. The summed E-state index contributed by atoms with van der Waals surface area (Å²) in [5, 5.41) is 14.0. The maximum Gasteiger partial charge on any atom is 0.321 e. The molecule has 2 N–H and O–H groups in total. The van der Waals surface area contributed by atoms with Crippen LogP contribution in [0.2, 0.25) is 0 Å². The summed E-state index contributed by atoms with van der Waals surface area (Å²) < 4.78 is 1.90. The molecule has 2 heterocycles. The average molecular weight is 422 g/mol. The molecule has 8 nitrogen and oxygen atoms in total. The lowest BCUT2D eigenvalue weighted by molar-refractivity contribution is -0.129. The second-order valence-electron chi connectivity index (χ2n) is 7.90. The smallest absolute Gasteiger partial charge is 0.321 e. The van der Waals surface area contributed by atoms with Crippen molar-refractivity contribution in [3.8, 4) is 5.75 Å². The van der Waals surface area contributed by atoms with E-state index in [2.05, 4.69) is 10.2 Å². The third-order valence-corrected chi connectivity index (χ3v) is 5.62. The summed E-state index contributed by atoms with van der Waals surface area (Å²) in [6.07, 6.45) is 1.88. The highest BCUT2D eigenvalue weighted by Gasteiger charge is 2.22. The number of phenols is 1.